The van der Waals surface area contributed by atoms with Gasteiger partial charge in [0.15, 0.2) is 9.84 Å². The normalized spacial score (nSPS) is 20.0. The average molecular weight is 323 g/mol. The molecular formula is C17H25NO3S. The van der Waals surface area contributed by atoms with Gasteiger partial charge in [-0.05, 0) is 43.9 Å². The predicted molar refractivity (Wildman–Crippen MR) is 88.8 cm³/mol. The van der Waals surface area contributed by atoms with Crippen molar-refractivity contribution in [3.8, 4) is 0 Å². The number of aryl methyl sites for hydroxylation is 1. The van der Waals surface area contributed by atoms with Gasteiger partial charge in [-0.3, -0.25) is 4.79 Å². The largest absolute Gasteiger partial charge is 0.335 e. The van der Waals surface area contributed by atoms with E-state index in [0.717, 1.165) is 19.3 Å². The topological polar surface area (TPSA) is 54.5 Å². The Bertz CT molecular complexity index is 607. The molecule has 1 unspecified atom stereocenters. The Labute approximate surface area is 133 Å². The number of amides is 1. The van der Waals surface area contributed by atoms with Gasteiger partial charge in [0.1, 0.15) is 0 Å². The van der Waals surface area contributed by atoms with Crippen LogP contribution in [0.4, 0.5) is 0 Å². The van der Waals surface area contributed by atoms with E-state index in [4.69, 9.17) is 0 Å². The van der Waals surface area contributed by atoms with Gasteiger partial charge in [-0.25, -0.2) is 8.42 Å². The summed E-state index contributed by atoms with van der Waals surface area (Å²) < 4.78 is 23.3. The van der Waals surface area contributed by atoms with E-state index in [9.17, 15) is 13.2 Å². The molecule has 2 rings (SSSR count). The maximum absolute atomic E-state index is 12.6. The fraction of sp³-hybridized carbons (Fsp3) is 0.588. The van der Waals surface area contributed by atoms with Gasteiger partial charge in [0.2, 0.25) is 0 Å². The molecule has 1 aliphatic rings. The van der Waals surface area contributed by atoms with E-state index in [2.05, 4.69) is 6.92 Å². The minimum atomic E-state index is -2.98. The third-order valence-electron chi connectivity index (χ3n) is 4.27. The second kappa shape index (κ2) is 7.27. The van der Waals surface area contributed by atoms with Gasteiger partial charge in [0.25, 0.3) is 5.91 Å². The quantitative estimate of drug-likeness (QED) is 0.809. The molecule has 1 aromatic rings. The van der Waals surface area contributed by atoms with Crippen LogP contribution in [-0.4, -0.2) is 43.3 Å². The molecule has 1 fully saturated rings. The lowest BCUT2D eigenvalue weighted by Gasteiger charge is -2.27. The lowest BCUT2D eigenvalue weighted by Crippen LogP contribution is -2.40. The predicted octanol–water partition coefficient (Wildman–Crippen LogP) is 2.68. The molecule has 0 saturated carbocycles. The second-order valence-electron chi connectivity index (χ2n) is 5.95. The number of carbonyl (C=O) groups is 1. The molecule has 22 heavy (non-hydrogen) atoms. The molecule has 0 bridgehead atoms. The minimum Gasteiger partial charge on any atom is -0.335 e. The van der Waals surface area contributed by atoms with Crippen LogP contribution >= 0.6 is 0 Å². The van der Waals surface area contributed by atoms with Crippen molar-refractivity contribution in [2.75, 3.05) is 18.1 Å². The number of rotatable bonds is 6. The number of hydrogen-bond acceptors (Lipinski definition) is 3. The highest BCUT2D eigenvalue weighted by Crippen LogP contribution is 2.20. The third kappa shape index (κ3) is 4.09. The number of benzene rings is 1. The molecule has 1 saturated heterocycles. The SMILES string of the molecule is CCCCc1ccc(C(=O)N(CC)C2CCS(=O)(=O)C2)cc1. The van der Waals surface area contributed by atoms with Crippen LogP contribution in [0.15, 0.2) is 24.3 Å². The van der Waals surface area contributed by atoms with E-state index in [1.807, 2.05) is 31.2 Å². The summed E-state index contributed by atoms with van der Waals surface area (Å²) >= 11 is 0. The summed E-state index contributed by atoms with van der Waals surface area (Å²) in [4.78, 5) is 14.3. The number of sulfone groups is 1. The number of hydrogen-bond donors (Lipinski definition) is 0. The standard InChI is InChI=1S/C17H25NO3S/c1-3-5-6-14-7-9-15(10-8-14)17(19)18(4-2)16-11-12-22(20,21)13-16/h7-10,16H,3-6,11-13H2,1-2H3. The number of nitrogens with zero attached hydrogens (tertiary/aromatic N) is 1. The van der Waals surface area contributed by atoms with E-state index in [-0.39, 0.29) is 23.5 Å². The molecule has 1 atom stereocenters. The summed E-state index contributed by atoms with van der Waals surface area (Å²) in [7, 11) is -2.98. The van der Waals surface area contributed by atoms with Crippen LogP contribution in [-0.2, 0) is 16.3 Å². The van der Waals surface area contributed by atoms with Crippen molar-refractivity contribution < 1.29 is 13.2 Å². The Morgan fingerprint density at radius 2 is 1.91 bits per heavy atom. The zero-order valence-electron chi connectivity index (χ0n) is 13.4. The first kappa shape index (κ1) is 17.0. The summed E-state index contributed by atoms with van der Waals surface area (Å²) in [5.74, 6) is 0.227. The van der Waals surface area contributed by atoms with Gasteiger partial charge in [-0.15, -0.1) is 0 Å². The average Bonchev–Trinajstić information content (AvgIpc) is 2.86. The zero-order chi connectivity index (χ0) is 16.2. The van der Waals surface area contributed by atoms with Crippen LogP contribution < -0.4 is 0 Å². The van der Waals surface area contributed by atoms with Gasteiger partial charge >= 0.3 is 0 Å². The van der Waals surface area contributed by atoms with E-state index >= 15 is 0 Å². The molecule has 0 spiro atoms. The highest BCUT2D eigenvalue weighted by atomic mass is 32.2. The maximum Gasteiger partial charge on any atom is 0.254 e. The van der Waals surface area contributed by atoms with Crippen molar-refractivity contribution in [3.63, 3.8) is 0 Å². The highest BCUT2D eigenvalue weighted by molar-refractivity contribution is 7.91. The molecule has 1 amide bonds. The Morgan fingerprint density at radius 3 is 2.41 bits per heavy atom. The zero-order valence-corrected chi connectivity index (χ0v) is 14.2. The number of carbonyl (C=O) groups excluding carboxylic acids is 1. The van der Waals surface area contributed by atoms with Crippen LogP contribution in [0.5, 0.6) is 0 Å². The molecule has 1 aliphatic heterocycles. The summed E-state index contributed by atoms with van der Waals surface area (Å²) in [6.07, 6.45) is 3.88. The molecule has 4 nitrogen and oxygen atoms in total. The highest BCUT2D eigenvalue weighted by Gasteiger charge is 2.34. The molecule has 1 heterocycles. The van der Waals surface area contributed by atoms with Crippen LogP contribution in [0.3, 0.4) is 0 Å². The molecule has 122 valence electrons. The summed E-state index contributed by atoms with van der Waals surface area (Å²) in [6, 6.07) is 7.55. The summed E-state index contributed by atoms with van der Waals surface area (Å²) in [6.45, 7) is 4.60. The van der Waals surface area contributed by atoms with Crippen LogP contribution in [0.2, 0.25) is 0 Å². The minimum absolute atomic E-state index is 0.0633. The Balaban J connectivity index is 2.08. The van der Waals surface area contributed by atoms with Gasteiger partial charge in [0, 0.05) is 18.2 Å². The van der Waals surface area contributed by atoms with Crippen molar-refractivity contribution in [2.45, 2.75) is 45.6 Å². The van der Waals surface area contributed by atoms with E-state index in [1.165, 1.54) is 5.56 Å². The molecule has 0 aromatic heterocycles. The van der Waals surface area contributed by atoms with Gasteiger partial charge in [0.05, 0.1) is 11.5 Å². The molecular weight excluding hydrogens is 298 g/mol. The fourth-order valence-corrected chi connectivity index (χ4v) is 4.68. The first-order chi connectivity index (χ1) is 10.5. The summed E-state index contributed by atoms with van der Waals surface area (Å²) in [5, 5.41) is 0. The third-order valence-corrected chi connectivity index (χ3v) is 6.02. The lowest BCUT2D eigenvalue weighted by atomic mass is 10.1. The maximum atomic E-state index is 12.6. The molecule has 0 radical (unpaired) electrons. The second-order valence-corrected chi connectivity index (χ2v) is 8.18. The Kier molecular flexibility index (Phi) is 5.62. The molecule has 5 heteroatoms. The van der Waals surface area contributed by atoms with Crippen molar-refractivity contribution in [2.24, 2.45) is 0 Å². The van der Waals surface area contributed by atoms with Crippen LogP contribution in [0, 0.1) is 0 Å². The van der Waals surface area contributed by atoms with E-state index in [1.54, 1.807) is 4.90 Å². The molecule has 1 aromatic carbocycles. The van der Waals surface area contributed by atoms with Gasteiger partial charge < -0.3 is 4.90 Å². The first-order valence-corrected chi connectivity index (χ1v) is 9.89. The molecule has 0 aliphatic carbocycles. The summed E-state index contributed by atoms with van der Waals surface area (Å²) in [5.41, 5.74) is 1.89. The van der Waals surface area contributed by atoms with E-state index < -0.39 is 9.84 Å². The van der Waals surface area contributed by atoms with Crippen LogP contribution in [0.1, 0.15) is 49.0 Å². The van der Waals surface area contributed by atoms with Crippen molar-refractivity contribution in [1.29, 1.82) is 0 Å². The van der Waals surface area contributed by atoms with Crippen LogP contribution in [0.25, 0.3) is 0 Å². The first-order valence-electron chi connectivity index (χ1n) is 8.07. The molecule has 0 N–H and O–H groups in total. The van der Waals surface area contributed by atoms with Crippen molar-refractivity contribution in [1.82, 2.24) is 4.90 Å². The van der Waals surface area contributed by atoms with Crippen molar-refractivity contribution in [3.05, 3.63) is 35.4 Å². The number of unbranched alkanes of at least 4 members (excludes halogenated alkanes) is 1. The lowest BCUT2D eigenvalue weighted by molar-refractivity contribution is 0.0708. The smallest absolute Gasteiger partial charge is 0.254 e. The Hall–Kier alpha value is -1.36. The van der Waals surface area contributed by atoms with E-state index in [0.29, 0.717) is 18.5 Å². The fourth-order valence-electron chi connectivity index (χ4n) is 2.95. The van der Waals surface area contributed by atoms with Gasteiger partial charge in [-0.1, -0.05) is 25.5 Å². The monoisotopic (exact) mass is 323 g/mol. The van der Waals surface area contributed by atoms with Crippen molar-refractivity contribution >= 4 is 15.7 Å². The Morgan fingerprint density at radius 1 is 1.23 bits per heavy atom. The van der Waals surface area contributed by atoms with Gasteiger partial charge in [-0.2, -0.15) is 0 Å².